The summed E-state index contributed by atoms with van der Waals surface area (Å²) in [4.78, 5) is 12.2. The molecule has 23 heavy (non-hydrogen) atoms. The first-order chi connectivity index (χ1) is 11.2. The van der Waals surface area contributed by atoms with Crippen molar-refractivity contribution in [2.24, 2.45) is 0 Å². The van der Waals surface area contributed by atoms with E-state index in [0.717, 1.165) is 11.1 Å². The van der Waals surface area contributed by atoms with E-state index in [9.17, 15) is 9.90 Å². The van der Waals surface area contributed by atoms with Gasteiger partial charge in [-0.25, -0.2) is 4.79 Å². The molecule has 1 aliphatic carbocycles. The number of hydrogen-bond donors (Lipinski definition) is 3. The van der Waals surface area contributed by atoms with E-state index in [-0.39, 0.29) is 6.03 Å². The molecular formula is C16H20N4O3. The third-order valence-corrected chi connectivity index (χ3v) is 3.91. The number of carbonyl (C=O) groups is 1. The first kappa shape index (κ1) is 15.5. The van der Waals surface area contributed by atoms with Crippen molar-refractivity contribution in [3.8, 4) is 0 Å². The molecule has 1 aliphatic rings. The summed E-state index contributed by atoms with van der Waals surface area (Å²) in [5, 5.41) is 19.8. The van der Waals surface area contributed by atoms with Crippen LogP contribution in [-0.2, 0) is 17.7 Å². The molecule has 0 spiro atoms. The molecule has 7 nitrogen and oxygen atoms in total. The molecule has 0 unspecified atom stereocenters. The lowest BCUT2D eigenvalue weighted by molar-refractivity contribution is 0.144. The molecule has 2 amide bonds. The second kappa shape index (κ2) is 6.80. The summed E-state index contributed by atoms with van der Waals surface area (Å²) < 4.78 is 6.67. The van der Waals surface area contributed by atoms with Gasteiger partial charge in [-0.2, -0.15) is 5.10 Å². The van der Waals surface area contributed by atoms with Crippen molar-refractivity contribution in [2.45, 2.75) is 25.1 Å². The Kier molecular flexibility index (Phi) is 4.59. The summed E-state index contributed by atoms with van der Waals surface area (Å²) in [6.45, 7) is 1.17. The van der Waals surface area contributed by atoms with Gasteiger partial charge in [-0.3, -0.25) is 4.68 Å². The summed E-state index contributed by atoms with van der Waals surface area (Å²) in [5.41, 5.74) is 2.63. The van der Waals surface area contributed by atoms with Crippen LogP contribution in [0, 0.1) is 0 Å². The van der Waals surface area contributed by atoms with Crippen LogP contribution in [0.4, 0.5) is 10.5 Å². The van der Waals surface area contributed by atoms with Crippen LogP contribution in [0.3, 0.4) is 0 Å². The van der Waals surface area contributed by atoms with Gasteiger partial charge in [-0.15, -0.1) is 0 Å². The summed E-state index contributed by atoms with van der Waals surface area (Å²) in [6, 6.07) is 6.98. The Hall–Kier alpha value is -2.38. The van der Waals surface area contributed by atoms with Gasteiger partial charge in [-0.05, 0) is 11.1 Å². The lowest BCUT2D eigenvalue weighted by atomic mass is 10.1. The van der Waals surface area contributed by atoms with Crippen LogP contribution < -0.4 is 10.6 Å². The number of aromatic nitrogens is 2. The molecule has 1 aromatic heterocycles. The molecule has 0 saturated carbocycles. The molecule has 7 heteroatoms. The number of fused-ring (bicyclic) bond motifs is 1. The number of methoxy groups -OCH3 is 1. The first-order valence-electron chi connectivity index (χ1n) is 7.52. The highest BCUT2D eigenvalue weighted by molar-refractivity contribution is 5.89. The summed E-state index contributed by atoms with van der Waals surface area (Å²) in [6.07, 6.45) is 3.25. The van der Waals surface area contributed by atoms with Crippen molar-refractivity contribution in [1.29, 1.82) is 0 Å². The third-order valence-electron chi connectivity index (χ3n) is 3.91. The van der Waals surface area contributed by atoms with E-state index in [1.165, 1.54) is 0 Å². The van der Waals surface area contributed by atoms with Gasteiger partial charge in [0.2, 0.25) is 0 Å². The molecule has 0 aliphatic heterocycles. The quantitative estimate of drug-likeness (QED) is 0.776. The van der Waals surface area contributed by atoms with Crippen molar-refractivity contribution in [1.82, 2.24) is 15.1 Å². The third kappa shape index (κ3) is 3.52. The van der Waals surface area contributed by atoms with Gasteiger partial charge in [0.1, 0.15) is 0 Å². The number of benzene rings is 1. The topological polar surface area (TPSA) is 88.4 Å². The van der Waals surface area contributed by atoms with Crippen LogP contribution in [0.2, 0.25) is 0 Å². The van der Waals surface area contributed by atoms with Gasteiger partial charge in [0.15, 0.2) is 0 Å². The summed E-state index contributed by atoms with van der Waals surface area (Å²) in [7, 11) is 1.63. The molecule has 1 heterocycles. The number of rotatable bonds is 5. The normalized spacial score (nSPS) is 19.4. The number of nitrogens with zero attached hydrogens (tertiary/aromatic N) is 2. The molecule has 1 aromatic carbocycles. The maximum Gasteiger partial charge on any atom is 0.319 e. The Bertz CT molecular complexity index is 685. The van der Waals surface area contributed by atoms with Gasteiger partial charge in [0, 0.05) is 19.7 Å². The maximum absolute atomic E-state index is 12.2. The van der Waals surface area contributed by atoms with Crippen LogP contribution in [0.25, 0.3) is 0 Å². The Morgan fingerprint density at radius 3 is 3.13 bits per heavy atom. The zero-order valence-corrected chi connectivity index (χ0v) is 12.9. The second-order valence-corrected chi connectivity index (χ2v) is 5.53. The molecule has 0 saturated heterocycles. The van der Waals surface area contributed by atoms with E-state index < -0.39 is 12.1 Å². The van der Waals surface area contributed by atoms with Crippen LogP contribution in [0.1, 0.15) is 17.2 Å². The van der Waals surface area contributed by atoms with Crippen molar-refractivity contribution in [2.75, 3.05) is 19.0 Å². The number of hydrogen-bond acceptors (Lipinski definition) is 4. The highest BCUT2D eigenvalue weighted by atomic mass is 16.5. The predicted molar refractivity (Wildman–Crippen MR) is 85.2 cm³/mol. The van der Waals surface area contributed by atoms with Crippen molar-refractivity contribution in [3.63, 3.8) is 0 Å². The SMILES string of the molecule is COCCn1cc(NC(=O)N[C@H]2c3ccccc3C[C@H]2O)cn1. The molecule has 0 fully saturated rings. The minimum atomic E-state index is -0.609. The van der Waals surface area contributed by atoms with E-state index in [2.05, 4.69) is 15.7 Å². The summed E-state index contributed by atoms with van der Waals surface area (Å²) >= 11 is 0. The summed E-state index contributed by atoms with van der Waals surface area (Å²) in [5.74, 6) is 0. The molecule has 2 aromatic rings. The minimum Gasteiger partial charge on any atom is -0.390 e. The van der Waals surface area contributed by atoms with Gasteiger partial charge in [0.25, 0.3) is 0 Å². The number of anilines is 1. The highest BCUT2D eigenvalue weighted by Crippen LogP contribution is 2.31. The van der Waals surface area contributed by atoms with E-state index in [1.807, 2.05) is 24.3 Å². The van der Waals surface area contributed by atoms with Crippen LogP contribution in [-0.4, -0.2) is 40.7 Å². The van der Waals surface area contributed by atoms with Crippen LogP contribution in [0.5, 0.6) is 0 Å². The van der Waals surface area contributed by atoms with Crippen LogP contribution in [0.15, 0.2) is 36.7 Å². The number of aliphatic hydroxyl groups excluding tert-OH is 1. The Morgan fingerprint density at radius 1 is 1.48 bits per heavy atom. The van der Waals surface area contributed by atoms with Gasteiger partial charge in [-0.1, -0.05) is 24.3 Å². The first-order valence-corrected chi connectivity index (χ1v) is 7.52. The Morgan fingerprint density at radius 2 is 2.30 bits per heavy atom. The predicted octanol–water partition coefficient (Wildman–Crippen LogP) is 1.31. The van der Waals surface area contributed by atoms with Crippen molar-refractivity contribution < 1.29 is 14.6 Å². The molecule has 122 valence electrons. The maximum atomic E-state index is 12.2. The Balaban J connectivity index is 1.60. The molecule has 2 atom stereocenters. The van der Waals surface area contributed by atoms with E-state index in [4.69, 9.17) is 4.74 Å². The molecule has 3 N–H and O–H groups in total. The number of ether oxygens (including phenoxy) is 1. The highest BCUT2D eigenvalue weighted by Gasteiger charge is 2.31. The number of nitrogens with one attached hydrogen (secondary N) is 2. The second-order valence-electron chi connectivity index (χ2n) is 5.53. The van der Waals surface area contributed by atoms with Gasteiger partial charge >= 0.3 is 6.03 Å². The largest absolute Gasteiger partial charge is 0.390 e. The number of urea groups is 1. The lowest BCUT2D eigenvalue weighted by Gasteiger charge is -2.18. The zero-order valence-electron chi connectivity index (χ0n) is 12.9. The van der Waals surface area contributed by atoms with Crippen molar-refractivity contribution in [3.05, 3.63) is 47.8 Å². The Labute approximate surface area is 134 Å². The van der Waals surface area contributed by atoms with Gasteiger partial charge in [0.05, 0.1) is 37.2 Å². The molecule has 0 bridgehead atoms. The lowest BCUT2D eigenvalue weighted by Crippen LogP contribution is -2.36. The molecule has 0 radical (unpaired) electrons. The minimum absolute atomic E-state index is 0.364. The fraction of sp³-hybridized carbons (Fsp3) is 0.375. The number of aliphatic hydroxyl groups is 1. The molecule has 3 rings (SSSR count). The average molecular weight is 316 g/mol. The van der Waals surface area contributed by atoms with E-state index in [1.54, 1.807) is 24.2 Å². The van der Waals surface area contributed by atoms with Crippen LogP contribution >= 0.6 is 0 Å². The zero-order chi connectivity index (χ0) is 16.2. The molecular weight excluding hydrogens is 296 g/mol. The smallest absolute Gasteiger partial charge is 0.319 e. The number of amides is 2. The fourth-order valence-corrected chi connectivity index (χ4v) is 2.79. The van der Waals surface area contributed by atoms with E-state index >= 15 is 0 Å². The average Bonchev–Trinajstić information content (AvgIpc) is 3.10. The monoisotopic (exact) mass is 316 g/mol. The van der Waals surface area contributed by atoms with Gasteiger partial charge < -0.3 is 20.5 Å². The van der Waals surface area contributed by atoms with E-state index in [0.29, 0.717) is 25.3 Å². The fourth-order valence-electron chi connectivity index (χ4n) is 2.79. The number of carbonyl (C=O) groups excluding carboxylic acids is 1. The standard InChI is InChI=1S/C16H20N4O3/c1-23-7-6-20-10-12(9-17-20)18-16(22)19-15-13-5-3-2-4-11(13)8-14(15)21/h2-5,9-10,14-15,21H,6-8H2,1H3,(H2,18,19,22)/t14-,15+/m1/s1. The van der Waals surface area contributed by atoms with Crippen molar-refractivity contribution >= 4 is 11.7 Å².